The van der Waals surface area contributed by atoms with Gasteiger partial charge < -0.3 is 9.64 Å². The Kier molecular flexibility index (Phi) is 10.6. The summed E-state index contributed by atoms with van der Waals surface area (Å²) >= 11 is 6.94. The Bertz CT molecular complexity index is 1100. The van der Waals surface area contributed by atoms with Crippen LogP contribution >= 0.6 is 24.0 Å². The first-order valence-electron chi connectivity index (χ1n) is 13.1. The van der Waals surface area contributed by atoms with Crippen molar-refractivity contribution in [2.45, 2.75) is 72.8 Å². The lowest BCUT2D eigenvalue weighted by Gasteiger charge is -2.33. The fourth-order valence-corrected chi connectivity index (χ4v) is 6.00. The molecule has 0 N–H and O–H groups in total. The molecule has 2 aliphatic rings. The third-order valence-electron chi connectivity index (χ3n) is 7.03. The van der Waals surface area contributed by atoms with E-state index in [-0.39, 0.29) is 17.0 Å². The second-order valence-corrected chi connectivity index (χ2v) is 11.1. The highest BCUT2D eigenvalue weighted by atomic mass is 32.2. The van der Waals surface area contributed by atoms with Crippen LogP contribution < -0.4 is 10.5 Å². The molecule has 0 saturated carbocycles. The normalized spacial score (nSPS) is 18.2. The van der Waals surface area contributed by atoms with Crippen LogP contribution in [0.25, 0.3) is 6.08 Å². The van der Waals surface area contributed by atoms with Crippen LogP contribution in [-0.4, -0.2) is 52.5 Å². The van der Waals surface area contributed by atoms with Crippen LogP contribution in [0.4, 0.5) is 5.82 Å². The first kappa shape index (κ1) is 28.4. The van der Waals surface area contributed by atoms with Crippen molar-refractivity contribution in [3.8, 4) is 6.07 Å². The van der Waals surface area contributed by atoms with E-state index >= 15 is 0 Å². The molecule has 1 atom stereocenters. The molecule has 1 amide bonds. The summed E-state index contributed by atoms with van der Waals surface area (Å²) in [5.74, 6) is 1.10. The number of pyridine rings is 1. The van der Waals surface area contributed by atoms with Crippen molar-refractivity contribution >= 4 is 46.1 Å². The molecule has 36 heavy (non-hydrogen) atoms. The minimum Gasteiger partial charge on any atom is -0.378 e. The topological polar surface area (TPSA) is 78.6 Å². The molecule has 0 aliphatic carbocycles. The number of ether oxygens (including phenoxy) is 1. The number of morpholine rings is 1. The molecule has 3 rings (SSSR count). The number of unbranched alkanes of at least 4 members (excludes halogenated alkanes) is 2. The van der Waals surface area contributed by atoms with Crippen molar-refractivity contribution in [2.24, 2.45) is 5.92 Å². The number of thioether (sulfide) groups is 1. The number of nitrogens with zero attached hydrogens (tertiary/aromatic N) is 4. The van der Waals surface area contributed by atoms with Gasteiger partial charge in [-0.3, -0.25) is 19.1 Å². The molecule has 0 spiro atoms. The zero-order chi connectivity index (χ0) is 26.2. The van der Waals surface area contributed by atoms with Crippen LogP contribution in [0.5, 0.6) is 0 Å². The van der Waals surface area contributed by atoms with Gasteiger partial charge in [0.1, 0.15) is 21.8 Å². The fraction of sp³-hybridized carbons (Fsp3) is 0.630. The summed E-state index contributed by atoms with van der Waals surface area (Å²) in [6, 6.07) is 2.12. The zero-order valence-electron chi connectivity index (χ0n) is 22.0. The Hall–Kier alpha value is -2.15. The van der Waals surface area contributed by atoms with Gasteiger partial charge in [-0.2, -0.15) is 5.26 Å². The summed E-state index contributed by atoms with van der Waals surface area (Å²) in [4.78, 5) is 31.3. The molecule has 1 aromatic rings. The molecule has 0 radical (unpaired) electrons. The monoisotopic (exact) mass is 530 g/mol. The van der Waals surface area contributed by atoms with Crippen molar-refractivity contribution in [2.75, 3.05) is 37.7 Å². The van der Waals surface area contributed by atoms with Gasteiger partial charge in [0.15, 0.2) is 0 Å². The van der Waals surface area contributed by atoms with Crippen LogP contribution in [0.3, 0.4) is 0 Å². The third kappa shape index (κ3) is 6.21. The summed E-state index contributed by atoms with van der Waals surface area (Å²) in [7, 11) is 0. The molecule has 2 aliphatic heterocycles. The van der Waals surface area contributed by atoms with E-state index in [1.54, 1.807) is 16.4 Å². The van der Waals surface area contributed by atoms with E-state index in [1.807, 2.05) is 6.08 Å². The van der Waals surface area contributed by atoms with Crippen molar-refractivity contribution < 1.29 is 9.53 Å². The fourth-order valence-electron chi connectivity index (χ4n) is 4.75. The molecule has 1 aromatic heterocycles. The van der Waals surface area contributed by atoms with E-state index in [0.717, 1.165) is 49.9 Å². The number of carbonyl (C=O) groups excluding carboxylic acids is 1. The Morgan fingerprint density at radius 1 is 1.17 bits per heavy atom. The number of nitriles is 1. The van der Waals surface area contributed by atoms with Gasteiger partial charge in [-0.1, -0.05) is 70.4 Å². The molecule has 2 saturated heterocycles. The number of anilines is 1. The number of hydrogen-bond donors (Lipinski definition) is 0. The second kappa shape index (κ2) is 13.4. The highest BCUT2D eigenvalue weighted by molar-refractivity contribution is 8.26. The lowest BCUT2D eigenvalue weighted by atomic mass is 9.99. The van der Waals surface area contributed by atoms with Crippen LogP contribution in [0, 0.1) is 24.2 Å². The van der Waals surface area contributed by atoms with Gasteiger partial charge in [0, 0.05) is 31.7 Å². The number of hydrogen-bond acceptors (Lipinski definition) is 7. The molecule has 9 heteroatoms. The van der Waals surface area contributed by atoms with E-state index in [4.69, 9.17) is 17.0 Å². The van der Waals surface area contributed by atoms with Gasteiger partial charge in [-0.15, -0.1) is 0 Å². The van der Waals surface area contributed by atoms with Gasteiger partial charge in [0.25, 0.3) is 11.5 Å². The molecule has 1 unspecified atom stereocenters. The van der Waals surface area contributed by atoms with Gasteiger partial charge in [0.2, 0.25) is 0 Å². The third-order valence-corrected chi connectivity index (χ3v) is 8.40. The first-order valence-corrected chi connectivity index (χ1v) is 14.4. The highest BCUT2D eigenvalue weighted by Crippen LogP contribution is 2.37. The smallest absolute Gasteiger partial charge is 0.270 e. The Morgan fingerprint density at radius 2 is 1.86 bits per heavy atom. The quantitative estimate of drug-likeness (QED) is 0.291. The number of carbonyl (C=O) groups is 1. The lowest BCUT2D eigenvalue weighted by molar-refractivity contribution is -0.122. The highest BCUT2D eigenvalue weighted by Gasteiger charge is 2.34. The van der Waals surface area contributed by atoms with Gasteiger partial charge in [0.05, 0.1) is 18.1 Å². The van der Waals surface area contributed by atoms with Crippen molar-refractivity contribution in [1.82, 2.24) is 9.47 Å². The van der Waals surface area contributed by atoms with Gasteiger partial charge >= 0.3 is 0 Å². The molecular weight excluding hydrogens is 492 g/mol. The van der Waals surface area contributed by atoms with E-state index in [2.05, 4.69) is 31.7 Å². The molecular formula is C27H38N4O3S2. The van der Waals surface area contributed by atoms with E-state index in [1.165, 1.54) is 11.8 Å². The summed E-state index contributed by atoms with van der Waals surface area (Å²) in [5.41, 5.74) is 1.23. The van der Waals surface area contributed by atoms with Gasteiger partial charge in [-0.25, -0.2) is 0 Å². The second-order valence-electron chi connectivity index (χ2n) is 9.47. The number of amides is 1. The number of thiocarbonyl (C=S) groups is 1. The molecule has 0 aromatic carbocycles. The maximum absolute atomic E-state index is 13.5. The minimum absolute atomic E-state index is 0.0860. The maximum Gasteiger partial charge on any atom is 0.270 e. The number of aromatic nitrogens is 1. The largest absolute Gasteiger partial charge is 0.378 e. The first-order chi connectivity index (χ1) is 17.4. The standard InChI is InChI=1S/C27H38N4O3S2/c1-5-8-10-20(7-3)18-31-26(33)23(36-27(31)35)16-21-19(4)22(17-28)25(32)30(11-9-6-2)24(21)29-12-14-34-15-13-29/h16,20H,5-15,18H2,1-4H3/b23-16-. The molecule has 0 bridgehead atoms. The average Bonchev–Trinajstić information content (AvgIpc) is 3.15. The van der Waals surface area contributed by atoms with Crippen LogP contribution in [-0.2, 0) is 16.1 Å². The van der Waals surface area contributed by atoms with Crippen molar-refractivity contribution in [3.05, 3.63) is 31.9 Å². The predicted octanol–water partition coefficient (Wildman–Crippen LogP) is 5.08. The summed E-state index contributed by atoms with van der Waals surface area (Å²) in [5, 5.41) is 9.85. The SMILES string of the molecule is CCCCC(CC)CN1C(=O)/C(=C/c2c(C)c(C#N)c(=O)n(CCCC)c2N2CCOCC2)SC1=S. The van der Waals surface area contributed by atoms with Crippen molar-refractivity contribution in [3.63, 3.8) is 0 Å². The van der Waals surface area contributed by atoms with Crippen LogP contribution in [0.1, 0.15) is 76.0 Å². The lowest BCUT2D eigenvalue weighted by Crippen LogP contribution is -2.41. The maximum atomic E-state index is 13.5. The predicted molar refractivity (Wildman–Crippen MR) is 151 cm³/mol. The Morgan fingerprint density at radius 3 is 2.47 bits per heavy atom. The van der Waals surface area contributed by atoms with Crippen LogP contribution in [0.15, 0.2) is 9.70 Å². The number of rotatable bonds is 11. The summed E-state index contributed by atoms with van der Waals surface area (Å²) in [6.07, 6.45) is 7.96. The Labute approximate surface area is 224 Å². The van der Waals surface area contributed by atoms with E-state index in [9.17, 15) is 14.9 Å². The summed E-state index contributed by atoms with van der Waals surface area (Å²) < 4.78 is 7.87. The van der Waals surface area contributed by atoms with Gasteiger partial charge in [-0.05, 0) is 37.3 Å². The van der Waals surface area contributed by atoms with E-state index < -0.39 is 0 Å². The van der Waals surface area contributed by atoms with Crippen LogP contribution in [0.2, 0.25) is 0 Å². The van der Waals surface area contributed by atoms with Crippen molar-refractivity contribution in [1.29, 1.82) is 5.26 Å². The molecule has 196 valence electrons. The Balaban J connectivity index is 2.09. The minimum atomic E-state index is -0.267. The summed E-state index contributed by atoms with van der Waals surface area (Å²) in [6.45, 7) is 11.8. The average molecular weight is 531 g/mol. The van der Waals surface area contributed by atoms with E-state index in [0.29, 0.717) is 60.1 Å². The molecule has 7 nitrogen and oxygen atoms in total. The molecule has 2 fully saturated rings. The zero-order valence-corrected chi connectivity index (χ0v) is 23.6. The molecule has 3 heterocycles.